The molecule has 0 radical (unpaired) electrons. The van der Waals surface area contributed by atoms with Gasteiger partial charge in [-0.1, -0.05) is 18.2 Å². The van der Waals surface area contributed by atoms with Gasteiger partial charge in [-0.25, -0.2) is 0 Å². The summed E-state index contributed by atoms with van der Waals surface area (Å²) in [5, 5.41) is 3.96. The minimum atomic E-state index is -0.102. The van der Waals surface area contributed by atoms with Crippen molar-refractivity contribution in [3.8, 4) is 5.75 Å². The van der Waals surface area contributed by atoms with Gasteiger partial charge in [0.1, 0.15) is 5.75 Å². The van der Waals surface area contributed by atoms with Crippen LogP contribution >= 0.6 is 0 Å². The number of amides is 1. The van der Waals surface area contributed by atoms with E-state index < -0.39 is 0 Å². The molecule has 0 saturated carbocycles. The lowest BCUT2D eigenvalue weighted by Crippen LogP contribution is -2.41. The van der Waals surface area contributed by atoms with Crippen molar-refractivity contribution in [3.63, 3.8) is 0 Å². The van der Waals surface area contributed by atoms with Crippen LogP contribution in [-0.2, 0) is 9.53 Å². The Bertz CT molecular complexity index is 624. The van der Waals surface area contributed by atoms with Gasteiger partial charge in [-0.15, -0.1) is 0 Å². The Balaban J connectivity index is 1.54. The number of rotatable bonds is 4. The third kappa shape index (κ3) is 3.70. The molecule has 21 heavy (non-hydrogen) atoms. The zero-order valence-electron chi connectivity index (χ0n) is 11.7. The monoisotopic (exact) mass is 286 g/mol. The van der Waals surface area contributed by atoms with Gasteiger partial charge in [0.15, 0.2) is 6.61 Å². The summed E-state index contributed by atoms with van der Waals surface area (Å²) in [6.07, 6.45) is 3.37. The highest BCUT2D eigenvalue weighted by molar-refractivity contribution is 5.80. The molecule has 0 bridgehead atoms. The van der Waals surface area contributed by atoms with E-state index >= 15 is 0 Å². The molecule has 1 aromatic carbocycles. The van der Waals surface area contributed by atoms with Crippen molar-refractivity contribution >= 4 is 16.8 Å². The van der Waals surface area contributed by atoms with Gasteiger partial charge in [0, 0.05) is 24.6 Å². The summed E-state index contributed by atoms with van der Waals surface area (Å²) < 4.78 is 10.8. The summed E-state index contributed by atoms with van der Waals surface area (Å²) in [5.41, 5.74) is 0.913. The van der Waals surface area contributed by atoms with Crippen molar-refractivity contribution in [2.75, 3.05) is 19.8 Å². The summed E-state index contributed by atoms with van der Waals surface area (Å²) in [4.78, 5) is 16.2. The van der Waals surface area contributed by atoms with Gasteiger partial charge in [0.25, 0.3) is 5.91 Å². The second-order valence-corrected chi connectivity index (χ2v) is 5.11. The number of carbonyl (C=O) groups excluding carboxylic acids is 1. The average Bonchev–Trinajstić information content (AvgIpc) is 2.54. The van der Waals surface area contributed by atoms with E-state index in [1.807, 2.05) is 30.3 Å². The quantitative estimate of drug-likeness (QED) is 0.932. The van der Waals surface area contributed by atoms with Crippen LogP contribution in [0.25, 0.3) is 10.9 Å². The summed E-state index contributed by atoms with van der Waals surface area (Å²) in [7, 11) is 0. The lowest BCUT2D eigenvalue weighted by molar-refractivity contribution is -0.124. The van der Waals surface area contributed by atoms with E-state index in [0.717, 1.165) is 23.7 Å². The van der Waals surface area contributed by atoms with Gasteiger partial charge in [-0.3, -0.25) is 9.78 Å². The lowest BCUT2D eigenvalue weighted by Gasteiger charge is -2.23. The summed E-state index contributed by atoms with van der Waals surface area (Å²) in [6, 6.07) is 9.89. The van der Waals surface area contributed by atoms with Crippen molar-refractivity contribution in [3.05, 3.63) is 36.5 Å². The minimum Gasteiger partial charge on any atom is -0.482 e. The van der Waals surface area contributed by atoms with Gasteiger partial charge in [0.05, 0.1) is 11.7 Å². The first kappa shape index (κ1) is 13.8. The van der Waals surface area contributed by atoms with Gasteiger partial charge < -0.3 is 14.8 Å². The molecule has 1 saturated heterocycles. The molecule has 5 heteroatoms. The number of benzene rings is 1. The molecule has 2 heterocycles. The number of hydrogen-bond acceptors (Lipinski definition) is 4. The molecule has 2 aromatic rings. The molecule has 5 nitrogen and oxygen atoms in total. The minimum absolute atomic E-state index is 0.0113. The lowest BCUT2D eigenvalue weighted by atomic mass is 10.1. The maximum atomic E-state index is 11.9. The van der Waals surface area contributed by atoms with Crippen molar-refractivity contribution in [1.29, 1.82) is 0 Å². The number of carbonyl (C=O) groups is 1. The van der Waals surface area contributed by atoms with E-state index in [-0.39, 0.29) is 18.6 Å². The van der Waals surface area contributed by atoms with Crippen molar-refractivity contribution < 1.29 is 14.3 Å². The third-order valence-corrected chi connectivity index (χ3v) is 3.52. The van der Waals surface area contributed by atoms with Crippen molar-refractivity contribution in [2.45, 2.75) is 18.9 Å². The fourth-order valence-corrected chi connectivity index (χ4v) is 2.39. The fourth-order valence-electron chi connectivity index (χ4n) is 2.39. The van der Waals surface area contributed by atoms with E-state index in [0.29, 0.717) is 19.0 Å². The first-order valence-electron chi connectivity index (χ1n) is 7.16. The predicted octanol–water partition coefficient (Wildman–Crippen LogP) is 1.91. The maximum Gasteiger partial charge on any atom is 0.258 e. The Morgan fingerprint density at radius 2 is 2.14 bits per heavy atom. The molecule has 0 aliphatic carbocycles. The highest BCUT2D eigenvalue weighted by Gasteiger charge is 2.16. The zero-order valence-corrected chi connectivity index (χ0v) is 11.7. The molecule has 1 aliphatic rings. The van der Waals surface area contributed by atoms with E-state index in [2.05, 4.69) is 10.3 Å². The topological polar surface area (TPSA) is 60.5 Å². The predicted molar refractivity (Wildman–Crippen MR) is 79.2 cm³/mol. The largest absolute Gasteiger partial charge is 0.482 e. The second kappa shape index (κ2) is 6.54. The maximum absolute atomic E-state index is 11.9. The number of nitrogens with zero attached hydrogens (tertiary/aromatic N) is 1. The Morgan fingerprint density at radius 1 is 1.33 bits per heavy atom. The molecule has 3 rings (SSSR count). The summed E-state index contributed by atoms with van der Waals surface area (Å²) in [5.74, 6) is 0.505. The molecule has 0 unspecified atom stereocenters. The van der Waals surface area contributed by atoms with Crippen LogP contribution in [0.4, 0.5) is 0 Å². The van der Waals surface area contributed by atoms with Gasteiger partial charge >= 0.3 is 0 Å². The standard InChI is InChI=1S/C16H18N2O3/c19-16(18-13-5-7-20-8-6-13)11-21-14-9-12-3-1-2-4-15(12)17-10-14/h1-4,9-10,13H,5-8,11H2,(H,18,19). The SMILES string of the molecule is O=C(COc1cnc2ccccc2c1)NC1CCOCC1. The normalized spacial score (nSPS) is 15.8. The molecule has 1 amide bonds. The Morgan fingerprint density at radius 3 is 3.00 bits per heavy atom. The number of aromatic nitrogens is 1. The second-order valence-electron chi connectivity index (χ2n) is 5.11. The number of pyridine rings is 1. The third-order valence-electron chi connectivity index (χ3n) is 3.52. The number of ether oxygens (including phenoxy) is 2. The number of para-hydroxylation sites is 1. The molecule has 0 atom stereocenters. The van der Waals surface area contributed by atoms with Gasteiger partial charge in [-0.05, 0) is 25.0 Å². The van der Waals surface area contributed by atoms with Crippen LogP contribution in [-0.4, -0.2) is 36.8 Å². The van der Waals surface area contributed by atoms with Crippen LogP contribution < -0.4 is 10.1 Å². The van der Waals surface area contributed by atoms with Crippen LogP contribution in [0.5, 0.6) is 5.75 Å². The smallest absolute Gasteiger partial charge is 0.258 e. The van der Waals surface area contributed by atoms with Gasteiger partial charge in [-0.2, -0.15) is 0 Å². The summed E-state index contributed by atoms with van der Waals surface area (Å²) in [6.45, 7) is 1.43. The van der Waals surface area contributed by atoms with Crippen LogP contribution in [0, 0.1) is 0 Å². The number of nitrogens with one attached hydrogen (secondary N) is 1. The highest BCUT2D eigenvalue weighted by Crippen LogP contribution is 2.17. The summed E-state index contributed by atoms with van der Waals surface area (Å²) >= 11 is 0. The van der Waals surface area contributed by atoms with E-state index in [1.165, 1.54) is 0 Å². The molecule has 110 valence electrons. The molecule has 1 N–H and O–H groups in total. The van der Waals surface area contributed by atoms with Crippen LogP contribution in [0.1, 0.15) is 12.8 Å². The number of fused-ring (bicyclic) bond motifs is 1. The Labute approximate surface area is 123 Å². The van der Waals surface area contributed by atoms with Crippen LogP contribution in [0.15, 0.2) is 36.5 Å². The molecular weight excluding hydrogens is 268 g/mol. The highest BCUT2D eigenvalue weighted by atomic mass is 16.5. The van der Waals surface area contributed by atoms with Crippen molar-refractivity contribution in [2.24, 2.45) is 0 Å². The first-order chi connectivity index (χ1) is 10.3. The molecule has 1 fully saturated rings. The van der Waals surface area contributed by atoms with E-state index in [4.69, 9.17) is 9.47 Å². The van der Waals surface area contributed by atoms with Crippen LogP contribution in [0.2, 0.25) is 0 Å². The zero-order chi connectivity index (χ0) is 14.5. The molecule has 1 aromatic heterocycles. The Hall–Kier alpha value is -2.14. The number of hydrogen-bond donors (Lipinski definition) is 1. The molecular formula is C16H18N2O3. The van der Waals surface area contributed by atoms with E-state index in [1.54, 1.807) is 6.20 Å². The first-order valence-corrected chi connectivity index (χ1v) is 7.16. The Kier molecular flexibility index (Phi) is 4.31. The van der Waals surface area contributed by atoms with Crippen molar-refractivity contribution in [1.82, 2.24) is 10.3 Å². The fraction of sp³-hybridized carbons (Fsp3) is 0.375. The van der Waals surface area contributed by atoms with Crippen LogP contribution in [0.3, 0.4) is 0 Å². The van der Waals surface area contributed by atoms with E-state index in [9.17, 15) is 4.79 Å². The molecule has 1 aliphatic heterocycles. The van der Waals surface area contributed by atoms with Gasteiger partial charge in [0.2, 0.25) is 0 Å². The average molecular weight is 286 g/mol. The molecule has 0 spiro atoms.